The summed E-state index contributed by atoms with van der Waals surface area (Å²) in [7, 11) is 1.80. The zero-order valence-electron chi connectivity index (χ0n) is 21.1. The molecular weight excluding hydrogens is 474 g/mol. The average molecular weight is 506 g/mol. The molecule has 37 heavy (non-hydrogen) atoms. The number of carboxylic acid groups (broad SMARTS) is 1. The number of carbonyl (C=O) groups excluding carboxylic acids is 1. The molecule has 1 atom stereocenters. The third kappa shape index (κ3) is 5.16. The summed E-state index contributed by atoms with van der Waals surface area (Å²) < 4.78 is 7.58. The minimum Gasteiger partial charge on any atom is -0.481 e. The quantitative estimate of drug-likeness (QED) is 0.464. The summed E-state index contributed by atoms with van der Waals surface area (Å²) in [6.07, 6.45) is 7.05. The summed E-state index contributed by atoms with van der Waals surface area (Å²) in [4.78, 5) is 39.6. The largest absolute Gasteiger partial charge is 0.481 e. The molecule has 0 bridgehead atoms. The summed E-state index contributed by atoms with van der Waals surface area (Å²) in [5.74, 6) is -1.14. The molecule has 1 saturated carbocycles. The van der Waals surface area contributed by atoms with Gasteiger partial charge in [-0.05, 0) is 50.3 Å². The molecule has 1 unspecified atom stereocenters. The molecule has 1 saturated heterocycles. The van der Waals surface area contributed by atoms with Crippen molar-refractivity contribution < 1.29 is 19.4 Å². The monoisotopic (exact) mass is 505 g/mol. The Balaban J connectivity index is 1.36. The van der Waals surface area contributed by atoms with Crippen LogP contribution in [0, 0.1) is 5.92 Å². The van der Waals surface area contributed by atoms with Crippen molar-refractivity contribution in [3.05, 3.63) is 41.5 Å². The number of ether oxygens (including phenoxy) is 1. The highest BCUT2D eigenvalue weighted by atomic mass is 16.5. The second kappa shape index (κ2) is 10.6. The highest BCUT2D eigenvalue weighted by molar-refractivity contribution is 5.97. The van der Waals surface area contributed by atoms with Gasteiger partial charge in [0.15, 0.2) is 0 Å². The van der Waals surface area contributed by atoms with Crippen LogP contribution in [0.2, 0.25) is 0 Å². The summed E-state index contributed by atoms with van der Waals surface area (Å²) >= 11 is 0. The number of pyridine rings is 1. The van der Waals surface area contributed by atoms with Gasteiger partial charge in [-0.2, -0.15) is 4.98 Å². The maximum atomic E-state index is 13.0. The highest BCUT2D eigenvalue weighted by Crippen LogP contribution is 2.35. The molecule has 11 nitrogen and oxygen atoms in total. The third-order valence-corrected chi connectivity index (χ3v) is 7.25. The fraction of sp³-hybridized carbons (Fsp3) is 0.500. The van der Waals surface area contributed by atoms with E-state index in [9.17, 15) is 14.7 Å². The SMILES string of the molecule is CCc1nc(-c2nnn(C)c2COc2nccc(C3CCC3)n2)ccc1N1CCCC(CC(=O)O)C1=O. The number of aryl methyl sites for hydroxylation is 2. The molecule has 0 spiro atoms. The van der Waals surface area contributed by atoms with E-state index in [0.717, 1.165) is 36.3 Å². The van der Waals surface area contributed by atoms with Crippen molar-refractivity contribution in [3.63, 3.8) is 0 Å². The number of hydrogen-bond donors (Lipinski definition) is 1. The molecule has 1 N–H and O–H groups in total. The number of rotatable bonds is 9. The van der Waals surface area contributed by atoms with Crippen LogP contribution >= 0.6 is 0 Å². The lowest BCUT2D eigenvalue weighted by molar-refractivity contribution is -0.141. The van der Waals surface area contributed by atoms with Gasteiger partial charge in [-0.15, -0.1) is 5.10 Å². The average Bonchev–Trinajstić information content (AvgIpc) is 3.23. The van der Waals surface area contributed by atoms with Crippen molar-refractivity contribution in [1.82, 2.24) is 29.9 Å². The number of carbonyl (C=O) groups is 2. The topological polar surface area (TPSA) is 136 Å². The van der Waals surface area contributed by atoms with Crippen molar-refractivity contribution in [1.29, 1.82) is 0 Å². The van der Waals surface area contributed by atoms with Crippen LogP contribution in [0.3, 0.4) is 0 Å². The molecule has 4 heterocycles. The number of piperidine rings is 1. The molecule has 1 aliphatic carbocycles. The minimum atomic E-state index is -0.957. The number of aromatic nitrogens is 6. The van der Waals surface area contributed by atoms with Crippen molar-refractivity contribution in [2.75, 3.05) is 11.4 Å². The number of carboxylic acids is 1. The number of hydrogen-bond acceptors (Lipinski definition) is 8. The van der Waals surface area contributed by atoms with E-state index in [4.69, 9.17) is 9.72 Å². The maximum Gasteiger partial charge on any atom is 0.316 e. The first kappa shape index (κ1) is 24.8. The number of anilines is 1. The van der Waals surface area contributed by atoms with E-state index in [0.29, 0.717) is 48.4 Å². The molecule has 11 heteroatoms. The molecule has 0 radical (unpaired) electrons. The molecular formula is C26H31N7O4. The highest BCUT2D eigenvalue weighted by Gasteiger charge is 2.32. The van der Waals surface area contributed by atoms with E-state index in [-0.39, 0.29) is 18.9 Å². The summed E-state index contributed by atoms with van der Waals surface area (Å²) in [6, 6.07) is 5.97. The first-order chi connectivity index (χ1) is 17.9. The molecule has 3 aromatic heterocycles. The first-order valence-corrected chi connectivity index (χ1v) is 12.8. The number of amides is 1. The van der Waals surface area contributed by atoms with Crippen LogP contribution < -0.4 is 9.64 Å². The molecule has 2 fully saturated rings. The number of aliphatic carboxylic acids is 1. The van der Waals surface area contributed by atoms with E-state index < -0.39 is 11.9 Å². The normalized spacial score (nSPS) is 18.1. The fourth-order valence-electron chi connectivity index (χ4n) is 4.95. The van der Waals surface area contributed by atoms with Crippen LogP contribution in [0.15, 0.2) is 24.4 Å². The smallest absolute Gasteiger partial charge is 0.316 e. The molecule has 1 aliphatic heterocycles. The van der Waals surface area contributed by atoms with Gasteiger partial charge in [0, 0.05) is 31.6 Å². The van der Waals surface area contributed by atoms with Crippen molar-refractivity contribution in [2.45, 2.75) is 64.4 Å². The van der Waals surface area contributed by atoms with Gasteiger partial charge in [0.25, 0.3) is 0 Å². The van der Waals surface area contributed by atoms with Gasteiger partial charge >= 0.3 is 12.0 Å². The lowest BCUT2D eigenvalue weighted by Gasteiger charge is -2.32. The Morgan fingerprint density at radius 2 is 2.00 bits per heavy atom. The Morgan fingerprint density at radius 1 is 1.16 bits per heavy atom. The van der Waals surface area contributed by atoms with Gasteiger partial charge in [0.2, 0.25) is 5.91 Å². The Morgan fingerprint density at radius 3 is 2.73 bits per heavy atom. The van der Waals surface area contributed by atoms with Crippen LogP contribution in [0.4, 0.5) is 5.69 Å². The molecule has 1 amide bonds. The molecule has 0 aromatic carbocycles. The van der Waals surface area contributed by atoms with Crippen LogP contribution in [0.1, 0.15) is 68.4 Å². The van der Waals surface area contributed by atoms with Crippen molar-refractivity contribution in [2.24, 2.45) is 13.0 Å². The van der Waals surface area contributed by atoms with E-state index in [1.54, 1.807) is 22.8 Å². The van der Waals surface area contributed by atoms with E-state index in [2.05, 4.69) is 20.3 Å². The van der Waals surface area contributed by atoms with Gasteiger partial charge in [-0.3, -0.25) is 9.59 Å². The standard InChI is InChI=1S/C26H31N7O4/c1-3-18-21(33-13-5-8-17(25(33)36)14-23(34)35)10-9-20(28-18)24-22(32(2)31-30-24)15-37-26-27-12-11-19(29-26)16-6-4-7-16/h9-12,16-17H,3-8,13-15H2,1-2H3,(H,34,35). The van der Waals surface area contributed by atoms with Crippen LogP contribution in [-0.4, -0.2) is 53.5 Å². The lowest BCUT2D eigenvalue weighted by Crippen LogP contribution is -2.42. The van der Waals surface area contributed by atoms with Crippen LogP contribution in [-0.2, 0) is 29.7 Å². The van der Waals surface area contributed by atoms with Gasteiger partial charge in [0.1, 0.15) is 18.0 Å². The molecule has 3 aromatic rings. The van der Waals surface area contributed by atoms with Crippen molar-refractivity contribution >= 4 is 17.6 Å². The summed E-state index contributed by atoms with van der Waals surface area (Å²) in [5, 5.41) is 17.7. The van der Waals surface area contributed by atoms with Gasteiger partial charge in [-0.1, -0.05) is 18.6 Å². The summed E-state index contributed by atoms with van der Waals surface area (Å²) in [6.45, 7) is 2.71. The Labute approximate surface area is 214 Å². The van der Waals surface area contributed by atoms with E-state index >= 15 is 0 Å². The minimum absolute atomic E-state index is 0.154. The first-order valence-electron chi connectivity index (χ1n) is 12.8. The summed E-state index contributed by atoms with van der Waals surface area (Å²) in [5.41, 5.74) is 4.43. The second-order valence-corrected chi connectivity index (χ2v) is 9.63. The lowest BCUT2D eigenvalue weighted by atomic mass is 9.83. The zero-order chi connectivity index (χ0) is 25.9. The second-order valence-electron chi connectivity index (χ2n) is 9.63. The Kier molecular flexibility index (Phi) is 7.11. The van der Waals surface area contributed by atoms with Crippen LogP contribution in [0.25, 0.3) is 11.4 Å². The Bertz CT molecular complexity index is 1300. The van der Waals surface area contributed by atoms with E-state index in [1.807, 2.05) is 25.1 Å². The Hall–Kier alpha value is -3.89. The predicted octanol–water partition coefficient (Wildman–Crippen LogP) is 3.29. The van der Waals surface area contributed by atoms with Gasteiger partial charge in [0.05, 0.1) is 29.2 Å². The molecule has 5 rings (SSSR count). The van der Waals surface area contributed by atoms with Crippen LogP contribution in [0.5, 0.6) is 6.01 Å². The van der Waals surface area contributed by atoms with Crippen molar-refractivity contribution in [3.8, 4) is 17.4 Å². The van der Waals surface area contributed by atoms with Gasteiger partial charge in [-0.25, -0.2) is 14.6 Å². The molecule has 194 valence electrons. The fourth-order valence-corrected chi connectivity index (χ4v) is 4.95. The van der Waals surface area contributed by atoms with E-state index in [1.165, 1.54) is 6.42 Å². The number of nitrogens with zero attached hydrogens (tertiary/aromatic N) is 7. The maximum absolute atomic E-state index is 13.0. The zero-order valence-corrected chi connectivity index (χ0v) is 21.1. The molecule has 2 aliphatic rings. The third-order valence-electron chi connectivity index (χ3n) is 7.25. The van der Waals surface area contributed by atoms with Gasteiger partial charge < -0.3 is 14.7 Å². The predicted molar refractivity (Wildman–Crippen MR) is 134 cm³/mol.